The molecule has 0 radical (unpaired) electrons. The molecule has 0 saturated heterocycles. The predicted molar refractivity (Wildman–Crippen MR) is 71.1 cm³/mol. The van der Waals surface area contributed by atoms with E-state index in [0.29, 0.717) is 18.9 Å². The van der Waals surface area contributed by atoms with Crippen LogP contribution >= 0.6 is 11.3 Å². The molecule has 2 aromatic rings. The topological polar surface area (TPSA) is 70.1 Å². The van der Waals surface area contributed by atoms with Crippen LogP contribution in [0.15, 0.2) is 34.6 Å². The summed E-state index contributed by atoms with van der Waals surface area (Å²) in [5.74, 6) is 0.458. The molecule has 0 aliphatic rings. The van der Waals surface area contributed by atoms with Gasteiger partial charge in [0.2, 0.25) is 0 Å². The summed E-state index contributed by atoms with van der Waals surface area (Å²) in [5.41, 5.74) is 5.40. The fourth-order valence-electron chi connectivity index (χ4n) is 1.39. The maximum absolute atomic E-state index is 11.8. The van der Waals surface area contributed by atoms with E-state index in [1.54, 1.807) is 11.3 Å². The van der Waals surface area contributed by atoms with Gasteiger partial charge in [0.05, 0.1) is 12.7 Å². The van der Waals surface area contributed by atoms with Crippen molar-refractivity contribution >= 4 is 11.3 Å². The van der Waals surface area contributed by atoms with Crippen LogP contribution in [0.2, 0.25) is 0 Å². The lowest BCUT2D eigenvalue weighted by atomic mass is 10.4. The van der Waals surface area contributed by atoms with E-state index >= 15 is 0 Å². The molecule has 96 valence electrons. The van der Waals surface area contributed by atoms with E-state index in [-0.39, 0.29) is 11.6 Å². The number of aromatic nitrogens is 2. The molecule has 0 aliphatic carbocycles. The Bertz CT molecular complexity index is 549. The number of hydrogen-bond acceptors (Lipinski definition) is 5. The summed E-state index contributed by atoms with van der Waals surface area (Å²) in [6, 6.07) is 5.28. The predicted octanol–water partition coefficient (Wildman–Crippen LogP) is 1.08. The third kappa shape index (κ3) is 3.41. The van der Waals surface area contributed by atoms with Gasteiger partial charge in [-0.15, -0.1) is 11.3 Å². The summed E-state index contributed by atoms with van der Waals surface area (Å²) >= 11 is 1.60. The SMILES string of the molecule is CC(N)COc1cnn(Cc2cccs2)c(=O)c1. The van der Waals surface area contributed by atoms with E-state index in [0.717, 1.165) is 4.88 Å². The molecular formula is C12H15N3O2S. The maximum atomic E-state index is 11.8. The van der Waals surface area contributed by atoms with Gasteiger partial charge in [0, 0.05) is 17.0 Å². The highest BCUT2D eigenvalue weighted by atomic mass is 32.1. The Kier molecular flexibility index (Phi) is 4.11. The van der Waals surface area contributed by atoms with Crippen LogP contribution in [-0.2, 0) is 6.54 Å². The number of hydrogen-bond donors (Lipinski definition) is 1. The molecule has 2 N–H and O–H groups in total. The molecule has 18 heavy (non-hydrogen) atoms. The first-order valence-electron chi connectivity index (χ1n) is 5.63. The van der Waals surface area contributed by atoms with Crippen LogP contribution in [-0.4, -0.2) is 22.4 Å². The molecular weight excluding hydrogens is 250 g/mol. The minimum Gasteiger partial charge on any atom is -0.490 e. The van der Waals surface area contributed by atoms with Crippen LogP contribution < -0.4 is 16.0 Å². The molecule has 2 aromatic heterocycles. The van der Waals surface area contributed by atoms with E-state index in [9.17, 15) is 4.79 Å². The van der Waals surface area contributed by atoms with E-state index in [1.165, 1.54) is 16.9 Å². The van der Waals surface area contributed by atoms with Gasteiger partial charge in [-0.1, -0.05) is 6.07 Å². The zero-order chi connectivity index (χ0) is 13.0. The highest BCUT2D eigenvalue weighted by Crippen LogP contribution is 2.09. The van der Waals surface area contributed by atoms with Crippen molar-refractivity contribution in [2.45, 2.75) is 19.5 Å². The summed E-state index contributed by atoms with van der Waals surface area (Å²) in [7, 11) is 0. The molecule has 2 rings (SSSR count). The molecule has 1 atom stereocenters. The Morgan fingerprint density at radius 2 is 2.44 bits per heavy atom. The molecule has 6 heteroatoms. The van der Waals surface area contributed by atoms with Crippen molar-refractivity contribution in [2.75, 3.05) is 6.61 Å². The molecule has 2 heterocycles. The van der Waals surface area contributed by atoms with Crippen molar-refractivity contribution in [3.63, 3.8) is 0 Å². The largest absolute Gasteiger partial charge is 0.490 e. The third-order valence-corrected chi connectivity index (χ3v) is 3.10. The van der Waals surface area contributed by atoms with Crippen molar-refractivity contribution in [1.82, 2.24) is 9.78 Å². The second-order valence-electron chi connectivity index (χ2n) is 4.05. The number of ether oxygens (including phenoxy) is 1. The first-order chi connectivity index (χ1) is 8.65. The van der Waals surface area contributed by atoms with Gasteiger partial charge in [0.15, 0.2) is 0 Å². The number of nitrogens with zero attached hydrogens (tertiary/aromatic N) is 2. The molecule has 0 amide bonds. The average Bonchev–Trinajstić information content (AvgIpc) is 2.82. The average molecular weight is 265 g/mol. The second kappa shape index (κ2) is 5.79. The second-order valence-corrected chi connectivity index (χ2v) is 5.09. The van der Waals surface area contributed by atoms with Gasteiger partial charge in [-0.3, -0.25) is 4.79 Å². The first kappa shape index (κ1) is 12.8. The first-order valence-corrected chi connectivity index (χ1v) is 6.51. The van der Waals surface area contributed by atoms with E-state index in [4.69, 9.17) is 10.5 Å². The number of thiophene rings is 1. The molecule has 0 spiro atoms. The van der Waals surface area contributed by atoms with Crippen molar-refractivity contribution in [2.24, 2.45) is 5.73 Å². The Morgan fingerprint density at radius 3 is 3.06 bits per heavy atom. The highest BCUT2D eigenvalue weighted by Gasteiger charge is 2.03. The Labute approximate surface area is 109 Å². The summed E-state index contributed by atoms with van der Waals surface area (Å²) in [4.78, 5) is 12.9. The lowest BCUT2D eigenvalue weighted by Gasteiger charge is -2.09. The molecule has 1 unspecified atom stereocenters. The van der Waals surface area contributed by atoms with Gasteiger partial charge in [0.25, 0.3) is 5.56 Å². The quantitative estimate of drug-likeness (QED) is 0.878. The molecule has 0 saturated carbocycles. The van der Waals surface area contributed by atoms with Crippen LogP contribution in [0.25, 0.3) is 0 Å². The van der Waals surface area contributed by atoms with Crippen molar-refractivity contribution in [3.05, 3.63) is 45.0 Å². The van der Waals surface area contributed by atoms with Crippen LogP contribution in [0.3, 0.4) is 0 Å². The minimum absolute atomic E-state index is 0.0708. The Morgan fingerprint density at radius 1 is 1.61 bits per heavy atom. The van der Waals surface area contributed by atoms with E-state index in [2.05, 4.69) is 5.10 Å². The maximum Gasteiger partial charge on any atom is 0.270 e. The Hall–Kier alpha value is -1.66. The molecule has 0 bridgehead atoms. The standard InChI is InChI=1S/C12H15N3O2S/c1-9(13)8-17-10-5-12(16)15(14-6-10)7-11-3-2-4-18-11/h2-6,9H,7-8,13H2,1H3. The smallest absolute Gasteiger partial charge is 0.270 e. The monoisotopic (exact) mass is 265 g/mol. The van der Waals surface area contributed by atoms with E-state index in [1.807, 2.05) is 24.4 Å². The summed E-state index contributed by atoms with van der Waals surface area (Å²) in [5, 5.41) is 6.05. The van der Waals surface area contributed by atoms with Gasteiger partial charge in [0.1, 0.15) is 12.4 Å². The van der Waals surface area contributed by atoms with Gasteiger partial charge in [-0.05, 0) is 18.4 Å². The lowest BCUT2D eigenvalue weighted by Crippen LogP contribution is -2.26. The number of rotatable bonds is 5. The molecule has 0 fully saturated rings. The van der Waals surface area contributed by atoms with Gasteiger partial charge in [-0.2, -0.15) is 5.10 Å². The number of nitrogens with two attached hydrogens (primary N) is 1. The Balaban J connectivity index is 2.08. The van der Waals surface area contributed by atoms with Gasteiger partial charge < -0.3 is 10.5 Å². The summed E-state index contributed by atoms with van der Waals surface area (Å²) < 4.78 is 6.75. The van der Waals surface area contributed by atoms with Crippen LogP contribution in [0.1, 0.15) is 11.8 Å². The van der Waals surface area contributed by atoms with Crippen LogP contribution in [0.4, 0.5) is 0 Å². The molecule has 0 aromatic carbocycles. The molecule has 0 aliphatic heterocycles. The normalized spacial score (nSPS) is 12.3. The summed E-state index contributed by atoms with van der Waals surface area (Å²) in [6.07, 6.45) is 1.54. The van der Waals surface area contributed by atoms with Crippen molar-refractivity contribution in [1.29, 1.82) is 0 Å². The van der Waals surface area contributed by atoms with Gasteiger partial charge >= 0.3 is 0 Å². The molecule has 5 nitrogen and oxygen atoms in total. The van der Waals surface area contributed by atoms with Crippen molar-refractivity contribution in [3.8, 4) is 5.75 Å². The lowest BCUT2D eigenvalue weighted by molar-refractivity contribution is 0.293. The van der Waals surface area contributed by atoms with Crippen LogP contribution in [0, 0.1) is 0 Å². The fourth-order valence-corrected chi connectivity index (χ4v) is 2.08. The zero-order valence-corrected chi connectivity index (χ0v) is 10.9. The summed E-state index contributed by atoms with van der Waals surface area (Å²) in [6.45, 7) is 2.70. The minimum atomic E-state index is -0.175. The zero-order valence-electron chi connectivity index (χ0n) is 10.1. The highest BCUT2D eigenvalue weighted by molar-refractivity contribution is 7.09. The van der Waals surface area contributed by atoms with E-state index < -0.39 is 0 Å². The fraction of sp³-hybridized carbons (Fsp3) is 0.333. The van der Waals surface area contributed by atoms with Crippen molar-refractivity contribution < 1.29 is 4.74 Å². The van der Waals surface area contributed by atoms with Gasteiger partial charge in [-0.25, -0.2) is 4.68 Å². The van der Waals surface area contributed by atoms with Crippen LogP contribution in [0.5, 0.6) is 5.75 Å². The third-order valence-electron chi connectivity index (χ3n) is 2.24.